The van der Waals surface area contributed by atoms with E-state index in [2.05, 4.69) is 4.90 Å². The number of rotatable bonds is 7. The molecule has 0 radical (unpaired) electrons. The summed E-state index contributed by atoms with van der Waals surface area (Å²) in [6.07, 6.45) is -4.51. The Morgan fingerprint density at radius 3 is 2.59 bits per heavy atom. The van der Waals surface area contributed by atoms with Crippen LogP contribution >= 0.6 is 0 Å². The smallest absolute Gasteiger partial charge is 0.254 e. The first kappa shape index (κ1) is 33.8. The van der Waals surface area contributed by atoms with E-state index in [-0.39, 0.29) is 59.7 Å². The van der Waals surface area contributed by atoms with E-state index in [0.29, 0.717) is 19.6 Å². The largest absolute Gasteiger partial charge is 0.507 e. The van der Waals surface area contributed by atoms with E-state index in [0.717, 1.165) is 0 Å². The van der Waals surface area contributed by atoms with Gasteiger partial charge in [-0.05, 0) is 13.0 Å². The number of nitrogens with two attached hydrogens (primary N) is 1. The van der Waals surface area contributed by atoms with Crippen LogP contribution in [0.15, 0.2) is 18.2 Å². The van der Waals surface area contributed by atoms with Crippen molar-refractivity contribution in [3.05, 3.63) is 51.6 Å². The molecule has 0 aromatic heterocycles. The van der Waals surface area contributed by atoms with Gasteiger partial charge in [0.25, 0.3) is 5.91 Å². The van der Waals surface area contributed by atoms with E-state index in [1.165, 1.54) is 37.3 Å². The highest BCUT2D eigenvalue weighted by atomic mass is 16.7. The van der Waals surface area contributed by atoms with Gasteiger partial charge in [-0.3, -0.25) is 19.3 Å². The molecule has 7 rings (SSSR count). The lowest BCUT2D eigenvalue weighted by molar-refractivity contribution is -0.256. The number of ketones is 2. The van der Waals surface area contributed by atoms with Gasteiger partial charge in [0.2, 0.25) is 5.78 Å². The van der Waals surface area contributed by atoms with Crippen LogP contribution in [0.2, 0.25) is 0 Å². The number of likely N-dealkylation sites (N-methyl/N-ethyl adjacent to an activating group) is 1. The minimum Gasteiger partial charge on any atom is -0.507 e. The molecule has 3 saturated heterocycles. The molecule has 8 atom stereocenters. The first-order valence-corrected chi connectivity index (χ1v) is 16.4. The maximum absolute atomic E-state index is 14.0. The van der Waals surface area contributed by atoms with E-state index in [9.17, 15) is 29.7 Å². The number of hydrogen-bond donors (Lipinski definition) is 4. The summed E-state index contributed by atoms with van der Waals surface area (Å²) in [5.41, 5.74) is 2.57. The Morgan fingerprint density at radius 1 is 1.12 bits per heavy atom. The average Bonchev–Trinajstić information content (AvgIpc) is 3.47. The molecular formula is C34H41N3O12. The number of amides is 1. The number of ether oxygens (including phenoxy) is 6. The fourth-order valence-corrected chi connectivity index (χ4v) is 8.14. The summed E-state index contributed by atoms with van der Waals surface area (Å²) in [5.74, 6) is -3.22. The minimum atomic E-state index is -2.14. The number of aromatic hydroxyl groups is 2. The molecule has 2 aromatic rings. The van der Waals surface area contributed by atoms with Crippen molar-refractivity contribution in [1.29, 1.82) is 0 Å². The lowest BCUT2D eigenvalue weighted by Crippen LogP contribution is -2.55. The number of nitrogens with zero attached hydrogens (tertiary/aromatic N) is 2. The molecule has 0 unspecified atom stereocenters. The molecule has 0 saturated carbocycles. The monoisotopic (exact) mass is 683 g/mol. The number of methoxy groups -OCH3 is 2. The van der Waals surface area contributed by atoms with Crippen LogP contribution in [-0.4, -0.2) is 133 Å². The number of morpholine rings is 1. The SMILES string of the molecule is COc1cccc2c1C(=O)c1c(O)c3c(c(O)c1C2=O)C[C@@](O)(C(=O)N(C)CCN)C[C@@H]3O[C@H]1C[C@H]2[C@H](O[C@@H]3[C@@H](OC)OCCN32)[C@H](C)O1. The van der Waals surface area contributed by atoms with E-state index >= 15 is 0 Å². The molecule has 0 spiro atoms. The molecule has 0 bridgehead atoms. The molecule has 5 aliphatic rings. The van der Waals surface area contributed by atoms with Gasteiger partial charge < -0.3 is 54.4 Å². The number of phenols is 2. The fourth-order valence-electron chi connectivity index (χ4n) is 8.14. The number of phenolic OH excluding ortho intramolecular Hbond substituents is 2. The van der Waals surface area contributed by atoms with Gasteiger partial charge in [-0.1, -0.05) is 12.1 Å². The highest BCUT2D eigenvalue weighted by Gasteiger charge is 2.55. The predicted octanol–water partition coefficient (Wildman–Crippen LogP) is 0.567. The maximum atomic E-state index is 14.0. The van der Waals surface area contributed by atoms with Gasteiger partial charge in [0.05, 0.1) is 42.6 Å². The number of carbonyl (C=O) groups is 3. The van der Waals surface area contributed by atoms with E-state index in [1.807, 2.05) is 6.92 Å². The zero-order valence-electron chi connectivity index (χ0n) is 27.7. The van der Waals surface area contributed by atoms with Crippen LogP contribution in [0.1, 0.15) is 68.8 Å². The van der Waals surface area contributed by atoms with Crippen molar-refractivity contribution >= 4 is 17.5 Å². The molecule has 49 heavy (non-hydrogen) atoms. The number of carbonyl (C=O) groups excluding carboxylic acids is 3. The third kappa shape index (κ3) is 5.22. The molecule has 15 heteroatoms. The Balaban J connectivity index is 1.30. The van der Waals surface area contributed by atoms with E-state index in [4.69, 9.17) is 34.2 Å². The van der Waals surface area contributed by atoms with Crippen LogP contribution in [0.25, 0.3) is 0 Å². The van der Waals surface area contributed by atoms with Crippen LogP contribution in [0.3, 0.4) is 0 Å². The van der Waals surface area contributed by atoms with Gasteiger partial charge in [0.1, 0.15) is 29.0 Å². The molecule has 3 heterocycles. The summed E-state index contributed by atoms with van der Waals surface area (Å²) < 4.78 is 35.7. The molecule has 15 nitrogen and oxygen atoms in total. The Bertz CT molecular complexity index is 1700. The quantitative estimate of drug-likeness (QED) is 0.252. The molecule has 2 aliphatic carbocycles. The Kier molecular flexibility index (Phi) is 8.68. The maximum Gasteiger partial charge on any atom is 0.254 e. The standard InChI is InChI=1S/C34H41N3O12/c1-15-30-18(37-10-11-46-32(45-4)31(37)49-30)12-21(47-15)48-20-14-34(43,33(42)36(2)9-8-35)13-17-23(20)29(41)25-24(27(17)39)26(38)16-6-5-7-19(44-3)22(16)28(25)40/h5-7,15,18,20-21,30-32,39,41,43H,8-14,35H2,1-4H3/t15-,18-,20-,21-,30+,31+,32-,34-/m0/s1. The van der Waals surface area contributed by atoms with E-state index < -0.39 is 83.1 Å². The molecule has 3 aliphatic heterocycles. The fraction of sp³-hybridized carbons (Fsp3) is 0.559. The summed E-state index contributed by atoms with van der Waals surface area (Å²) >= 11 is 0. The number of aliphatic hydroxyl groups is 1. The van der Waals surface area contributed by atoms with Gasteiger partial charge in [0, 0.05) is 75.8 Å². The van der Waals surface area contributed by atoms with Crippen LogP contribution < -0.4 is 10.5 Å². The zero-order chi connectivity index (χ0) is 34.9. The third-order valence-electron chi connectivity index (χ3n) is 10.4. The third-order valence-corrected chi connectivity index (χ3v) is 10.4. The van der Waals surface area contributed by atoms with Crippen molar-refractivity contribution in [1.82, 2.24) is 9.80 Å². The molecular weight excluding hydrogens is 642 g/mol. The van der Waals surface area contributed by atoms with Crippen molar-refractivity contribution in [2.75, 3.05) is 47.5 Å². The van der Waals surface area contributed by atoms with Crippen LogP contribution in [0, 0.1) is 0 Å². The van der Waals surface area contributed by atoms with Crippen molar-refractivity contribution in [2.45, 2.75) is 74.9 Å². The van der Waals surface area contributed by atoms with Crippen LogP contribution in [0.5, 0.6) is 17.2 Å². The second-order valence-corrected chi connectivity index (χ2v) is 13.2. The summed E-state index contributed by atoms with van der Waals surface area (Å²) in [6, 6.07) is 4.33. The first-order chi connectivity index (χ1) is 23.4. The van der Waals surface area contributed by atoms with Crippen molar-refractivity contribution in [3.8, 4) is 17.2 Å². The van der Waals surface area contributed by atoms with E-state index in [1.54, 1.807) is 7.11 Å². The summed E-state index contributed by atoms with van der Waals surface area (Å²) in [4.78, 5) is 45.0. The van der Waals surface area contributed by atoms with Crippen molar-refractivity contribution in [2.24, 2.45) is 5.73 Å². The topological polar surface area (TPSA) is 200 Å². The van der Waals surface area contributed by atoms with Crippen molar-refractivity contribution in [3.63, 3.8) is 0 Å². The number of benzene rings is 2. The highest BCUT2D eigenvalue weighted by Crippen LogP contribution is 2.53. The molecule has 2 aromatic carbocycles. The normalized spacial score (nSPS) is 32.1. The minimum absolute atomic E-state index is 0.0144. The average molecular weight is 684 g/mol. The zero-order valence-corrected chi connectivity index (χ0v) is 27.7. The molecule has 3 fully saturated rings. The second kappa shape index (κ2) is 12.6. The van der Waals surface area contributed by atoms with Crippen molar-refractivity contribution < 1.29 is 58.1 Å². The summed E-state index contributed by atoms with van der Waals surface area (Å²) in [6.45, 7) is 3.14. The number of fused-ring (bicyclic) bond motifs is 6. The lowest BCUT2D eigenvalue weighted by Gasteiger charge is -2.44. The predicted molar refractivity (Wildman–Crippen MR) is 168 cm³/mol. The van der Waals surface area contributed by atoms with Crippen LogP contribution in [-0.2, 0) is 34.9 Å². The second-order valence-electron chi connectivity index (χ2n) is 13.2. The van der Waals surface area contributed by atoms with Gasteiger partial charge in [-0.15, -0.1) is 0 Å². The first-order valence-electron chi connectivity index (χ1n) is 16.4. The van der Waals surface area contributed by atoms with Crippen LogP contribution in [0.4, 0.5) is 0 Å². The Labute approximate surface area is 282 Å². The molecule has 264 valence electrons. The van der Waals surface area contributed by atoms with Gasteiger partial charge >= 0.3 is 0 Å². The Morgan fingerprint density at radius 2 is 1.88 bits per heavy atom. The molecule has 5 N–H and O–H groups in total. The summed E-state index contributed by atoms with van der Waals surface area (Å²) in [7, 11) is 4.40. The van der Waals surface area contributed by atoms with Gasteiger partial charge in [-0.25, -0.2) is 0 Å². The van der Waals surface area contributed by atoms with Gasteiger partial charge in [0.15, 0.2) is 24.6 Å². The Hall–Kier alpha value is -3.67. The van der Waals surface area contributed by atoms with Gasteiger partial charge in [-0.2, -0.15) is 0 Å². The number of hydrogen-bond acceptors (Lipinski definition) is 14. The molecule has 1 amide bonds. The highest BCUT2D eigenvalue weighted by molar-refractivity contribution is 6.31. The summed E-state index contributed by atoms with van der Waals surface area (Å²) in [5, 5.41) is 35.7. The lowest BCUT2D eigenvalue weighted by atomic mass is 9.72.